The van der Waals surface area contributed by atoms with E-state index in [4.69, 9.17) is 34.8 Å². The lowest BCUT2D eigenvalue weighted by Crippen LogP contribution is -2.36. The molecule has 0 aromatic heterocycles. The highest BCUT2D eigenvalue weighted by Gasteiger charge is 2.17. The third-order valence-corrected chi connectivity index (χ3v) is 4.60. The van der Waals surface area contributed by atoms with Gasteiger partial charge in [0.05, 0.1) is 15.7 Å². The summed E-state index contributed by atoms with van der Waals surface area (Å²) in [6.07, 6.45) is 0. The molecule has 0 spiro atoms. The highest BCUT2D eigenvalue weighted by Crippen LogP contribution is 2.29. The van der Waals surface area contributed by atoms with Gasteiger partial charge < -0.3 is 10.2 Å². The molecule has 0 heterocycles. The Kier molecular flexibility index (Phi) is 6.10. The molecule has 4 nitrogen and oxygen atoms in total. The van der Waals surface area contributed by atoms with Crippen LogP contribution in [0.5, 0.6) is 0 Å². The van der Waals surface area contributed by atoms with Gasteiger partial charge in [0.1, 0.15) is 6.54 Å². The van der Waals surface area contributed by atoms with Crippen LogP contribution in [0.3, 0.4) is 0 Å². The van der Waals surface area contributed by atoms with Crippen molar-refractivity contribution in [2.45, 2.75) is 13.8 Å². The molecular weight excluding hydrogens is 371 g/mol. The fraction of sp³-hybridized carbons (Fsp3) is 0.176. The van der Waals surface area contributed by atoms with Crippen LogP contribution in [-0.2, 0) is 9.59 Å². The maximum atomic E-state index is 12.3. The average molecular weight is 386 g/mol. The van der Waals surface area contributed by atoms with Gasteiger partial charge in [0.15, 0.2) is 0 Å². The van der Waals surface area contributed by atoms with Gasteiger partial charge in [0, 0.05) is 17.6 Å². The Labute approximate surface area is 155 Å². The molecule has 0 fully saturated rings. The summed E-state index contributed by atoms with van der Waals surface area (Å²) in [6, 6.07) is 10.1. The van der Waals surface area contributed by atoms with Gasteiger partial charge in [-0.15, -0.1) is 0 Å². The van der Waals surface area contributed by atoms with E-state index in [0.29, 0.717) is 21.4 Å². The minimum absolute atomic E-state index is 0.169. The van der Waals surface area contributed by atoms with Crippen molar-refractivity contribution >= 4 is 58.0 Å². The largest absolute Gasteiger partial charge is 0.323 e. The van der Waals surface area contributed by atoms with E-state index >= 15 is 0 Å². The first-order valence-electron chi connectivity index (χ1n) is 7.07. The zero-order valence-electron chi connectivity index (χ0n) is 13.1. The zero-order chi connectivity index (χ0) is 17.9. The third-order valence-electron chi connectivity index (χ3n) is 3.37. The Balaban J connectivity index is 2.18. The van der Waals surface area contributed by atoms with Crippen LogP contribution >= 0.6 is 34.8 Å². The number of nitrogens with zero attached hydrogens (tertiary/aromatic N) is 1. The molecule has 2 rings (SSSR count). The van der Waals surface area contributed by atoms with Crippen molar-refractivity contribution in [2.24, 2.45) is 0 Å². The second-order valence-corrected chi connectivity index (χ2v) is 6.38. The number of halogens is 3. The van der Waals surface area contributed by atoms with Gasteiger partial charge in [0.25, 0.3) is 0 Å². The van der Waals surface area contributed by atoms with Gasteiger partial charge in [-0.05, 0) is 36.8 Å². The second-order valence-electron chi connectivity index (χ2n) is 5.19. The molecule has 0 aliphatic carbocycles. The molecule has 126 valence electrons. The third kappa shape index (κ3) is 4.41. The van der Waals surface area contributed by atoms with Crippen LogP contribution in [0.25, 0.3) is 0 Å². The lowest BCUT2D eigenvalue weighted by Gasteiger charge is -2.21. The Morgan fingerprint density at radius 2 is 1.79 bits per heavy atom. The van der Waals surface area contributed by atoms with Crippen LogP contribution in [0.1, 0.15) is 12.5 Å². The highest BCUT2D eigenvalue weighted by atomic mass is 35.5. The van der Waals surface area contributed by atoms with Crippen molar-refractivity contribution in [3.05, 3.63) is 57.0 Å². The fourth-order valence-corrected chi connectivity index (χ4v) is 2.59. The minimum atomic E-state index is -0.397. The summed E-state index contributed by atoms with van der Waals surface area (Å²) in [4.78, 5) is 25.5. The Hall–Kier alpha value is -1.75. The summed E-state index contributed by atoms with van der Waals surface area (Å²) in [6.45, 7) is 3.07. The predicted octanol–water partition coefficient (Wildman–Crippen LogP) is 4.95. The van der Waals surface area contributed by atoms with Crippen molar-refractivity contribution in [1.82, 2.24) is 0 Å². The molecule has 0 saturated carbocycles. The minimum Gasteiger partial charge on any atom is -0.323 e. The molecule has 0 unspecified atom stereocenters. The molecule has 0 saturated heterocycles. The molecule has 0 bridgehead atoms. The number of anilines is 2. The van der Waals surface area contributed by atoms with Crippen molar-refractivity contribution in [2.75, 3.05) is 16.8 Å². The number of rotatable bonds is 4. The van der Waals surface area contributed by atoms with Crippen LogP contribution in [0.15, 0.2) is 36.4 Å². The van der Waals surface area contributed by atoms with E-state index < -0.39 is 5.91 Å². The molecule has 24 heavy (non-hydrogen) atoms. The highest BCUT2D eigenvalue weighted by molar-refractivity contribution is 6.44. The van der Waals surface area contributed by atoms with E-state index in [9.17, 15) is 9.59 Å². The summed E-state index contributed by atoms with van der Waals surface area (Å²) >= 11 is 18.1. The van der Waals surface area contributed by atoms with Crippen LogP contribution < -0.4 is 10.2 Å². The maximum Gasteiger partial charge on any atom is 0.244 e. The van der Waals surface area contributed by atoms with E-state index in [1.54, 1.807) is 36.4 Å². The Morgan fingerprint density at radius 1 is 1.08 bits per heavy atom. The standard InChI is InChI=1S/C17H15Cl3N2O2/c1-10-6-7-12(8-14(10)19)22(11(2)23)9-16(24)21-15-5-3-4-13(18)17(15)20/h3-8H,9H2,1-2H3,(H,21,24). The van der Waals surface area contributed by atoms with E-state index in [1.807, 2.05) is 6.92 Å². The number of aryl methyl sites for hydroxylation is 1. The normalized spacial score (nSPS) is 10.4. The molecule has 1 N–H and O–H groups in total. The number of amides is 2. The van der Waals surface area contributed by atoms with Gasteiger partial charge in [0.2, 0.25) is 11.8 Å². The summed E-state index contributed by atoms with van der Waals surface area (Å²) in [5.41, 5.74) is 1.82. The first-order valence-corrected chi connectivity index (χ1v) is 8.21. The Morgan fingerprint density at radius 3 is 2.42 bits per heavy atom. The summed E-state index contributed by atoms with van der Waals surface area (Å²) < 4.78 is 0. The van der Waals surface area contributed by atoms with Gasteiger partial charge >= 0.3 is 0 Å². The van der Waals surface area contributed by atoms with E-state index in [-0.39, 0.29) is 17.5 Å². The number of hydrogen-bond acceptors (Lipinski definition) is 2. The molecule has 0 atom stereocenters. The predicted molar refractivity (Wildman–Crippen MR) is 99.3 cm³/mol. The lowest BCUT2D eigenvalue weighted by molar-refractivity contribution is -0.120. The first kappa shape index (κ1) is 18.6. The molecule has 0 radical (unpaired) electrons. The molecule has 2 aromatic carbocycles. The van der Waals surface area contributed by atoms with Crippen molar-refractivity contribution in [3.8, 4) is 0 Å². The SMILES string of the molecule is CC(=O)N(CC(=O)Nc1cccc(Cl)c1Cl)c1ccc(C)c(Cl)c1. The average Bonchev–Trinajstić information content (AvgIpc) is 2.52. The number of hydrogen-bond donors (Lipinski definition) is 1. The first-order chi connectivity index (χ1) is 11.3. The second kappa shape index (κ2) is 7.88. The number of benzene rings is 2. The molecule has 7 heteroatoms. The van der Waals surface area contributed by atoms with Crippen molar-refractivity contribution in [3.63, 3.8) is 0 Å². The maximum absolute atomic E-state index is 12.3. The molecule has 0 aliphatic rings. The van der Waals surface area contributed by atoms with Gasteiger partial charge in [-0.2, -0.15) is 0 Å². The summed E-state index contributed by atoms with van der Waals surface area (Å²) in [5.74, 6) is -0.673. The zero-order valence-corrected chi connectivity index (χ0v) is 15.3. The van der Waals surface area contributed by atoms with Crippen LogP contribution in [-0.4, -0.2) is 18.4 Å². The van der Waals surface area contributed by atoms with Gasteiger partial charge in [-0.25, -0.2) is 0 Å². The van der Waals surface area contributed by atoms with Crippen molar-refractivity contribution < 1.29 is 9.59 Å². The molecule has 2 amide bonds. The summed E-state index contributed by atoms with van der Waals surface area (Å²) in [5, 5.41) is 3.76. The quantitative estimate of drug-likeness (QED) is 0.810. The van der Waals surface area contributed by atoms with E-state index in [2.05, 4.69) is 5.32 Å². The van der Waals surface area contributed by atoms with Crippen LogP contribution in [0, 0.1) is 6.92 Å². The Bertz CT molecular complexity index is 793. The number of nitrogens with one attached hydrogen (secondary N) is 1. The number of carbonyl (C=O) groups is 2. The van der Waals surface area contributed by atoms with Gasteiger partial charge in [-0.3, -0.25) is 9.59 Å². The topological polar surface area (TPSA) is 49.4 Å². The van der Waals surface area contributed by atoms with Crippen molar-refractivity contribution in [1.29, 1.82) is 0 Å². The lowest BCUT2D eigenvalue weighted by atomic mass is 10.2. The van der Waals surface area contributed by atoms with Crippen LogP contribution in [0.4, 0.5) is 11.4 Å². The monoisotopic (exact) mass is 384 g/mol. The smallest absolute Gasteiger partial charge is 0.244 e. The van der Waals surface area contributed by atoms with E-state index in [1.165, 1.54) is 11.8 Å². The summed E-state index contributed by atoms with van der Waals surface area (Å²) in [7, 11) is 0. The van der Waals surface area contributed by atoms with E-state index in [0.717, 1.165) is 5.56 Å². The molecule has 0 aliphatic heterocycles. The van der Waals surface area contributed by atoms with Crippen LogP contribution in [0.2, 0.25) is 15.1 Å². The number of carbonyl (C=O) groups excluding carboxylic acids is 2. The van der Waals surface area contributed by atoms with Gasteiger partial charge in [-0.1, -0.05) is 46.9 Å². The fourth-order valence-electron chi connectivity index (χ4n) is 2.07. The molecular formula is C17H15Cl3N2O2. The molecule has 2 aromatic rings.